The zero-order valence-corrected chi connectivity index (χ0v) is 22.0. The molecule has 0 spiro atoms. The van der Waals surface area contributed by atoms with Crippen molar-refractivity contribution in [3.63, 3.8) is 0 Å². The van der Waals surface area contributed by atoms with Crippen molar-refractivity contribution in [3.05, 3.63) is 0 Å². The van der Waals surface area contributed by atoms with Crippen LogP contribution in [0.15, 0.2) is 0 Å². The first kappa shape index (κ1) is 28.5. The van der Waals surface area contributed by atoms with E-state index in [9.17, 15) is 20.4 Å². The average Bonchev–Trinajstić information content (AvgIpc) is 2.53. The van der Waals surface area contributed by atoms with Gasteiger partial charge in [-0.3, -0.25) is 0 Å². The van der Waals surface area contributed by atoms with Crippen LogP contribution < -0.4 is 0 Å². The molecule has 0 amide bonds. The number of aliphatic hydroxyl groups is 4. The zero-order chi connectivity index (χ0) is 22.3. The molecule has 0 rings (SSSR count). The Hall–Kier alpha value is 0.544. The second-order valence-electron chi connectivity index (χ2n) is 9.92. The summed E-state index contributed by atoms with van der Waals surface area (Å²) in [6.07, 6.45) is -1.43. The fourth-order valence-corrected chi connectivity index (χ4v) is 6.99. The highest BCUT2D eigenvalue weighted by Crippen LogP contribution is 2.23. The van der Waals surface area contributed by atoms with Crippen LogP contribution in [0.1, 0.15) is 27.2 Å². The van der Waals surface area contributed by atoms with Crippen LogP contribution in [0.4, 0.5) is 0 Å². The van der Waals surface area contributed by atoms with Crippen LogP contribution in [0.5, 0.6) is 0 Å². The van der Waals surface area contributed by atoms with Crippen molar-refractivity contribution in [1.82, 2.24) is 0 Å². The lowest BCUT2D eigenvalue weighted by molar-refractivity contribution is -0.0977. The highest BCUT2D eigenvalue weighted by molar-refractivity contribution is 8.00. The largest absolute Gasteiger partial charge is 0.394 e. The SMILES string of the molecule is CCC(OCC(O)C(O)[Si](C)(C)C)C(OCC(O)C(O)SC(C)C)[Si](C)(C)C. The number of thioether (sulfide) groups is 1. The first-order valence-electron chi connectivity index (χ1n) is 10.2. The molecule has 170 valence electrons. The van der Waals surface area contributed by atoms with Crippen molar-refractivity contribution in [1.29, 1.82) is 0 Å². The molecule has 0 aliphatic carbocycles. The van der Waals surface area contributed by atoms with E-state index >= 15 is 0 Å². The van der Waals surface area contributed by atoms with E-state index < -0.39 is 39.5 Å². The number of aliphatic hydroxyl groups excluding tert-OH is 4. The van der Waals surface area contributed by atoms with E-state index in [-0.39, 0.29) is 30.3 Å². The molecule has 9 heteroatoms. The fourth-order valence-electron chi connectivity index (χ4n) is 2.88. The third-order valence-corrected chi connectivity index (χ3v) is 10.1. The third kappa shape index (κ3) is 10.5. The maximum absolute atomic E-state index is 10.3. The summed E-state index contributed by atoms with van der Waals surface area (Å²) in [7, 11) is -3.71. The van der Waals surface area contributed by atoms with E-state index in [0.29, 0.717) is 6.42 Å². The van der Waals surface area contributed by atoms with Gasteiger partial charge in [0.2, 0.25) is 0 Å². The van der Waals surface area contributed by atoms with Gasteiger partial charge < -0.3 is 29.9 Å². The summed E-state index contributed by atoms with van der Waals surface area (Å²) in [5, 5.41) is 41.1. The van der Waals surface area contributed by atoms with Crippen LogP contribution in [0, 0.1) is 0 Å². The molecule has 0 heterocycles. The van der Waals surface area contributed by atoms with Crippen LogP contribution in [-0.2, 0) is 9.47 Å². The van der Waals surface area contributed by atoms with Gasteiger partial charge in [-0.05, 0) is 6.42 Å². The van der Waals surface area contributed by atoms with E-state index in [0.717, 1.165) is 0 Å². The average molecular weight is 457 g/mol. The molecule has 0 saturated carbocycles. The van der Waals surface area contributed by atoms with Gasteiger partial charge in [-0.2, -0.15) is 0 Å². The maximum Gasteiger partial charge on any atom is 0.128 e. The van der Waals surface area contributed by atoms with Gasteiger partial charge in [-0.1, -0.05) is 60.1 Å². The Labute approximate surface area is 178 Å². The Kier molecular flexibility index (Phi) is 12.7. The van der Waals surface area contributed by atoms with E-state index in [1.54, 1.807) is 0 Å². The Morgan fingerprint density at radius 1 is 0.786 bits per heavy atom. The van der Waals surface area contributed by atoms with Crippen LogP contribution >= 0.6 is 11.8 Å². The topological polar surface area (TPSA) is 99.4 Å². The quantitative estimate of drug-likeness (QED) is 0.235. The monoisotopic (exact) mass is 456 g/mol. The van der Waals surface area contributed by atoms with E-state index in [1.165, 1.54) is 11.8 Å². The Bertz CT molecular complexity index is 428. The number of ether oxygens (including phenoxy) is 2. The predicted octanol–water partition coefficient (Wildman–Crippen LogP) is 2.46. The molecule has 0 bridgehead atoms. The summed E-state index contributed by atoms with van der Waals surface area (Å²) in [6, 6.07) is 0. The maximum atomic E-state index is 10.3. The minimum atomic E-state index is -1.89. The summed E-state index contributed by atoms with van der Waals surface area (Å²) in [6.45, 7) is 18.6. The zero-order valence-electron chi connectivity index (χ0n) is 19.2. The smallest absolute Gasteiger partial charge is 0.128 e. The van der Waals surface area contributed by atoms with E-state index in [2.05, 4.69) is 19.6 Å². The van der Waals surface area contributed by atoms with Gasteiger partial charge >= 0.3 is 0 Å². The minimum absolute atomic E-state index is 0.0375. The van der Waals surface area contributed by atoms with Gasteiger partial charge in [0.05, 0.1) is 46.9 Å². The molecule has 0 aromatic carbocycles. The molecule has 6 nitrogen and oxygen atoms in total. The standard InChI is InChI=1S/C19H44O6SSi2/c1-10-16(24-12-15(21)18(23)27(4,5)6)19(28(7,8)9)25-11-14(20)17(22)26-13(2)3/h13-23H,10-12H2,1-9H3. The second kappa shape index (κ2) is 12.4. The molecule has 4 N–H and O–H groups in total. The van der Waals surface area contributed by atoms with Gasteiger partial charge in [-0.25, -0.2) is 0 Å². The summed E-state index contributed by atoms with van der Waals surface area (Å²) in [5.41, 5.74) is -1.84. The number of rotatable bonds is 14. The van der Waals surface area contributed by atoms with Crippen LogP contribution in [0.2, 0.25) is 39.3 Å². The van der Waals surface area contributed by atoms with Crippen molar-refractivity contribution in [3.8, 4) is 0 Å². The fraction of sp³-hybridized carbons (Fsp3) is 1.00. The molecule has 0 aliphatic rings. The van der Waals surface area contributed by atoms with Crippen LogP contribution in [-0.4, -0.2) is 90.2 Å². The van der Waals surface area contributed by atoms with E-state index in [1.807, 2.05) is 40.4 Å². The highest BCUT2D eigenvalue weighted by atomic mass is 32.2. The van der Waals surface area contributed by atoms with Gasteiger partial charge in [-0.15, -0.1) is 11.8 Å². The molecule has 0 aromatic rings. The number of hydrogen-bond acceptors (Lipinski definition) is 7. The van der Waals surface area contributed by atoms with Gasteiger partial charge in [0.1, 0.15) is 17.6 Å². The van der Waals surface area contributed by atoms with Crippen molar-refractivity contribution in [2.75, 3.05) is 13.2 Å². The molecular weight excluding hydrogens is 412 g/mol. The lowest BCUT2D eigenvalue weighted by Gasteiger charge is -2.37. The molecule has 0 radical (unpaired) electrons. The van der Waals surface area contributed by atoms with Crippen molar-refractivity contribution in [2.45, 2.75) is 107 Å². The summed E-state index contributed by atoms with van der Waals surface area (Å²) in [4.78, 5) is 0. The van der Waals surface area contributed by atoms with Gasteiger partial charge in [0, 0.05) is 5.25 Å². The first-order valence-corrected chi connectivity index (χ1v) is 18.3. The predicted molar refractivity (Wildman–Crippen MR) is 123 cm³/mol. The summed E-state index contributed by atoms with van der Waals surface area (Å²) < 4.78 is 12.1. The van der Waals surface area contributed by atoms with Crippen LogP contribution in [0.3, 0.4) is 0 Å². The minimum Gasteiger partial charge on any atom is -0.394 e. The van der Waals surface area contributed by atoms with Crippen LogP contribution in [0.25, 0.3) is 0 Å². The molecule has 0 aromatic heterocycles. The Morgan fingerprint density at radius 2 is 1.29 bits per heavy atom. The third-order valence-electron chi connectivity index (χ3n) is 4.51. The lowest BCUT2D eigenvalue weighted by Crippen LogP contribution is -2.53. The van der Waals surface area contributed by atoms with Crippen molar-refractivity contribution in [2.24, 2.45) is 0 Å². The normalized spacial score (nSPS) is 19.9. The molecule has 6 unspecified atom stereocenters. The van der Waals surface area contributed by atoms with Gasteiger partial charge in [0.25, 0.3) is 0 Å². The number of hydrogen-bond donors (Lipinski definition) is 4. The summed E-state index contributed by atoms with van der Waals surface area (Å²) >= 11 is 1.30. The van der Waals surface area contributed by atoms with Gasteiger partial charge in [0.15, 0.2) is 0 Å². The summed E-state index contributed by atoms with van der Waals surface area (Å²) in [5.74, 6) is 0. The molecule has 0 fully saturated rings. The Balaban J connectivity index is 4.96. The molecule has 28 heavy (non-hydrogen) atoms. The molecule has 0 saturated heterocycles. The Morgan fingerprint density at radius 3 is 1.68 bits per heavy atom. The van der Waals surface area contributed by atoms with Crippen molar-refractivity contribution < 1.29 is 29.9 Å². The second-order valence-corrected chi connectivity index (χ2v) is 22.2. The van der Waals surface area contributed by atoms with Crippen molar-refractivity contribution >= 4 is 27.9 Å². The highest BCUT2D eigenvalue weighted by Gasteiger charge is 2.37. The van der Waals surface area contributed by atoms with E-state index in [4.69, 9.17) is 9.47 Å². The molecular formula is C19H44O6SSi2. The lowest BCUT2D eigenvalue weighted by atomic mass is 10.3. The molecule has 6 atom stereocenters. The first-order chi connectivity index (χ1) is 12.6. The molecule has 0 aliphatic heterocycles.